The highest BCUT2D eigenvalue weighted by Crippen LogP contribution is 2.41. The Morgan fingerprint density at radius 1 is 1.16 bits per heavy atom. The van der Waals surface area contributed by atoms with Gasteiger partial charge in [0, 0.05) is 49.4 Å². The van der Waals surface area contributed by atoms with Gasteiger partial charge in [-0.15, -0.1) is 0 Å². The van der Waals surface area contributed by atoms with Crippen LogP contribution < -0.4 is 9.64 Å². The molecule has 3 aromatic carbocycles. The summed E-state index contributed by atoms with van der Waals surface area (Å²) in [5.74, 6) is -0.422. The van der Waals surface area contributed by atoms with E-state index in [1.807, 2.05) is 13.0 Å². The van der Waals surface area contributed by atoms with Gasteiger partial charge < -0.3 is 9.64 Å². The largest absolute Gasteiger partial charge is 0.419 e. The predicted octanol–water partition coefficient (Wildman–Crippen LogP) is 5.38. The molecule has 10 heteroatoms. The van der Waals surface area contributed by atoms with Crippen LogP contribution in [0.1, 0.15) is 27.0 Å². The maximum absolute atomic E-state index is 13.5. The minimum atomic E-state index is -0.727. The lowest BCUT2D eigenvalue weighted by atomic mass is 9.96. The van der Waals surface area contributed by atoms with Crippen molar-refractivity contribution in [3.05, 3.63) is 105 Å². The summed E-state index contributed by atoms with van der Waals surface area (Å²) >= 11 is 0. The predicted molar refractivity (Wildman–Crippen MR) is 134 cm³/mol. The van der Waals surface area contributed by atoms with E-state index < -0.39 is 11.0 Å². The molecule has 0 saturated heterocycles. The SMILES string of the molecule is Cc1c2c(c(N(C)C(=O)Oc3ccc([N+](=O)[O-])cc3)c3cccnc13)CN(Cc1ccc(F)cc1)C2=O. The number of benzene rings is 3. The molecule has 1 aromatic heterocycles. The van der Waals surface area contributed by atoms with E-state index >= 15 is 0 Å². The first-order valence-corrected chi connectivity index (χ1v) is 11.4. The quantitative estimate of drug-likeness (QED) is 0.269. The molecule has 186 valence electrons. The first kappa shape index (κ1) is 23.9. The molecule has 0 fully saturated rings. The smallest absolute Gasteiger partial charge is 0.410 e. The third-order valence-corrected chi connectivity index (χ3v) is 6.38. The zero-order valence-electron chi connectivity index (χ0n) is 20.0. The zero-order chi connectivity index (χ0) is 26.3. The van der Waals surface area contributed by atoms with Crippen LogP contribution in [-0.4, -0.2) is 33.9 Å². The lowest BCUT2D eigenvalue weighted by molar-refractivity contribution is -0.384. The molecule has 0 unspecified atom stereocenters. The van der Waals surface area contributed by atoms with Gasteiger partial charge in [-0.2, -0.15) is 0 Å². The number of aryl methyl sites for hydroxylation is 1. The molecule has 1 aliphatic heterocycles. The second kappa shape index (κ2) is 9.30. The van der Waals surface area contributed by atoms with Crippen LogP contribution in [0.15, 0.2) is 66.9 Å². The van der Waals surface area contributed by atoms with Crippen molar-refractivity contribution in [2.75, 3.05) is 11.9 Å². The highest BCUT2D eigenvalue weighted by Gasteiger charge is 2.35. The number of rotatable bonds is 5. The monoisotopic (exact) mass is 500 g/mol. The van der Waals surface area contributed by atoms with E-state index in [2.05, 4.69) is 4.98 Å². The molecule has 37 heavy (non-hydrogen) atoms. The van der Waals surface area contributed by atoms with Crippen LogP contribution >= 0.6 is 0 Å². The minimum absolute atomic E-state index is 0.124. The molecule has 0 radical (unpaired) electrons. The Labute approximate surface area is 210 Å². The summed E-state index contributed by atoms with van der Waals surface area (Å²) in [5, 5.41) is 11.6. The van der Waals surface area contributed by atoms with Crippen LogP contribution in [0.25, 0.3) is 10.9 Å². The lowest BCUT2D eigenvalue weighted by Crippen LogP contribution is -2.30. The van der Waals surface area contributed by atoms with E-state index in [1.165, 1.54) is 48.3 Å². The molecule has 0 aliphatic carbocycles. The topological polar surface area (TPSA) is 106 Å². The van der Waals surface area contributed by atoms with Gasteiger partial charge in [0.2, 0.25) is 0 Å². The average molecular weight is 500 g/mol. The number of carbonyl (C=O) groups is 2. The van der Waals surface area contributed by atoms with E-state index in [-0.39, 0.29) is 36.3 Å². The van der Waals surface area contributed by atoms with E-state index in [0.717, 1.165) is 5.56 Å². The van der Waals surface area contributed by atoms with Crippen molar-refractivity contribution in [3.8, 4) is 5.75 Å². The molecule has 0 N–H and O–H groups in total. The molecule has 2 heterocycles. The number of pyridine rings is 1. The number of nitrogens with zero attached hydrogens (tertiary/aromatic N) is 4. The first-order chi connectivity index (χ1) is 17.7. The van der Waals surface area contributed by atoms with Crippen molar-refractivity contribution in [1.82, 2.24) is 9.88 Å². The number of ether oxygens (including phenoxy) is 1. The summed E-state index contributed by atoms with van der Waals surface area (Å²) in [6, 6.07) is 14.7. The summed E-state index contributed by atoms with van der Waals surface area (Å²) < 4.78 is 18.8. The highest BCUT2D eigenvalue weighted by molar-refractivity contribution is 6.12. The van der Waals surface area contributed by atoms with E-state index in [0.29, 0.717) is 33.3 Å². The minimum Gasteiger partial charge on any atom is -0.410 e. The van der Waals surface area contributed by atoms with Crippen LogP contribution in [0.5, 0.6) is 5.75 Å². The van der Waals surface area contributed by atoms with Crippen LogP contribution in [0.3, 0.4) is 0 Å². The van der Waals surface area contributed by atoms with Gasteiger partial charge in [0.1, 0.15) is 11.6 Å². The number of halogens is 1. The third-order valence-electron chi connectivity index (χ3n) is 6.38. The van der Waals surface area contributed by atoms with Crippen molar-refractivity contribution in [1.29, 1.82) is 0 Å². The summed E-state index contributed by atoms with van der Waals surface area (Å²) in [5.41, 5.74) is 3.56. The summed E-state index contributed by atoms with van der Waals surface area (Å²) in [4.78, 5) is 44.4. The summed E-state index contributed by atoms with van der Waals surface area (Å²) in [6.45, 7) is 2.33. The van der Waals surface area contributed by atoms with Crippen LogP contribution in [0, 0.1) is 22.9 Å². The average Bonchev–Trinajstić information content (AvgIpc) is 3.21. The van der Waals surface area contributed by atoms with Crippen molar-refractivity contribution < 1.29 is 23.6 Å². The fourth-order valence-corrected chi connectivity index (χ4v) is 4.60. The van der Waals surface area contributed by atoms with Gasteiger partial charge in [-0.1, -0.05) is 12.1 Å². The molecule has 5 rings (SSSR count). The lowest BCUT2D eigenvalue weighted by Gasteiger charge is -2.22. The second-order valence-corrected chi connectivity index (χ2v) is 8.69. The number of non-ortho nitro benzene ring substituents is 1. The maximum atomic E-state index is 13.5. The molecular weight excluding hydrogens is 479 g/mol. The number of hydrogen-bond acceptors (Lipinski definition) is 6. The van der Waals surface area contributed by atoms with Gasteiger partial charge in [-0.25, -0.2) is 9.18 Å². The fourth-order valence-electron chi connectivity index (χ4n) is 4.60. The number of carbonyl (C=O) groups excluding carboxylic acids is 2. The van der Waals surface area contributed by atoms with Crippen molar-refractivity contribution in [3.63, 3.8) is 0 Å². The van der Waals surface area contributed by atoms with Crippen LogP contribution in [0.4, 0.5) is 20.6 Å². The normalized spacial score (nSPS) is 12.5. The number of nitro groups is 1. The molecule has 0 bridgehead atoms. The molecular formula is C27H21FN4O5. The van der Waals surface area contributed by atoms with Gasteiger partial charge in [0.15, 0.2) is 0 Å². The van der Waals surface area contributed by atoms with Gasteiger partial charge >= 0.3 is 6.09 Å². The Bertz CT molecular complexity index is 1550. The number of amides is 2. The van der Waals surface area contributed by atoms with Crippen molar-refractivity contribution in [2.24, 2.45) is 0 Å². The molecule has 1 aliphatic rings. The third kappa shape index (κ3) is 4.33. The fraction of sp³-hybridized carbons (Fsp3) is 0.148. The van der Waals surface area contributed by atoms with E-state index in [4.69, 9.17) is 4.74 Å². The van der Waals surface area contributed by atoms with Gasteiger partial charge in [0.05, 0.1) is 21.7 Å². The molecule has 4 aromatic rings. The molecule has 0 spiro atoms. The Morgan fingerprint density at radius 3 is 2.54 bits per heavy atom. The van der Waals surface area contributed by atoms with Crippen molar-refractivity contribution in [2.45, 2.75) is 20.0 Å². The Balaban J connectivity index is 1.52. The zero-order valence-corrected chi connectivity index (χ0v) is 20.0. The Hall–Kier alpha value is -4.86. The number of anilines is 1. The molecule has 9 nitrogen and oxygen atoms in total. The van der Waals surface area contributed by atoms with E-state index in [1.54, 1.807) is 29.3 Å². The Kier molecular flexibility index (Phi) is 6.00. The molecule has 0 saturated carbocycles. The van der Waals surface area contributed by atoms with Crippen molar-refractivity contribution >= 4 is 34.3 Å². The van der Waals surface area contributed by atoms with Crippen LogP contribution in [0.2, 0.25) is 0 Å². The number of aromatic nitrogens is 1. The molecule has 2 amide bonds. The van der Waals surface area contributed by atoms with E-state index in [9.17, 15) is 24.1 Å². The number of hydrogen-bond donors (Lipinski definition) is 0. The molecule has 0 atom stereocenters. The standard InChI is InChI=1S/C27H21FN4O5/c1-16-23-22(15-31(26(23)33)14-17-5-7-18(28)8-6-17)25(21-4-3-13-29-24(16)21)30(2)27(34)37-20-11-9-19(10-12-20)32(35)36/h3-13H,14-15H2,1-2H3. The maximum Gasteiger partial charge on any atom is 0.419 e. The highest BCUT2D eigenvalue weighted by atomic mass is 19.1. The van der Waals surface area contributed by atoms with Gasteiger partial charge in [-0.3, -0.25) is 24.8 Å². The number of nitro benzene ring substituents is 1. The summed E-state index contributed by atoms with van der Waals surface area (Å²) in [6.07, 6.45) is 0.894. The first-order valence-electron chi connectivity index (χ1n) is 11.4. The second-order valence-electron chi connectivity index (χ2n) is 8.69. The summed E-state index contributed by atoms with van der Waals surface area (Å²) in [7, 11) is 1.54. The number of fused-ring (bicyclic) bond motifs is 2. The van der Waals surface area contributed by atoms with Gasteiger partial charge in [0.25, 0.3) is 11.6 Å². The Morgan fingerprint density at radius 2 is 1.86 bits per heavy atom. The van der Waals surface area contributed by atoms with Crippen LogP contribution in [-0.2, 0) is 13.1 Å². The van der Waals surface area contributed by atoms with Gasteiger partial charge in [-0.05, 0) is 54.4 Å².